The fourth-order valence-electron chi connectivity index (χ4n) is 3.31. The first-order valence-corrected chi connectivity index (χ1v) is 9.03. The van der Waals surface area contributed by atoms with E-state index in [1.807, 2.05) is 19.1 Å². The summed E-state index contributed by atoms with van der Waals surface area (Å²) in [5.74, 6) is -0.289. The van der Waals surface area contributed by atoms with Crippen LogP contribution in [0.3, 0.4) is 0 Å². The average Bonchev–Trinajstić information content (AvgIpc) is 2.96. The molecule has 4 N–H and O–H groups in total. The van der Waals surface area contributed by atoms with Crippen molar-refractivity contribution >= 4 is 11.0 Å². The smallest absolute Gasteiger partial charge is 0.229 e. The van der Waals surface area contributed by atoms with Crippen molar-refractivity contribution in [3.8, 4) is 22.6 Å². The highest BCUT2D eigenvalue weighted by Crippen LogP contribution is 2.32. The molecule has 1 fully saturated rings. The Morgan fingerprint density at radius 3 is 2.48 bits per heavy atom. The molecule has 29 heavy (non-hydrogen) atoms. The molecule has 0 saturated carbocycles. The third kappa shape index (κ3) is 3.47. The van der Waals surface area contributed by atoms with Crippen molar-refractivity contribution in [1.29, 1.82) is 0 Å². The van der Waals surface area contributed by atoms with Crippen LogP contribution in [-0.4, -0.2) is 51.6 Å². The summed E-state index contributed by atoms with van der Waals surface area (Å²) < 4.78 is 16.3. The van der Waals surface area contributed by atoms with E-state index in [0.29, 0.717) is 11.1 Å². The molecule has 0 aliphatic carbocycles. The van der Waals surface area contributed by atoms with Gasteiger partial charge in [0.05, 0.1) is 12.2 Å². The predicted molar refractivity (Wildman–Crippen MR) is 103 cm³/mol. The lowest BCUT2D eigenvalue weighted by atomic mass is 10.0. The van der Waals surface area contributed by atoms with Crippen LogP contribution in [0.5, 0.6) is 11.5 Å². The zero-order valence-electron chi connectivity index (χ0n) is 15.5. The second-order valence-corrected chi connectivity index (χ2v) is 6.98. The van der Waals surface area contributed by atoms with Gasteiger partial charge in [-0.15, -0.1) is 0 Å². The van der Waals surface area contributed by atoms with Crippen LogP contribution < -0.4 is 10.2 Å². The molecule has 0 bridgehead atoms. The lowest BCUT2D eigenvalue weighted by molar-refractivity contribution is -0.116. The lowest BCUT2D eigenvalue weighted by Gasteiger charge is -2.17. The number of aliphatic hydroxyl groups excluding tert-OH is 3. The number of phenols is 1. The lowest BCUT2D eigenvalue weighted by Crippen LogP contribution is -2.35. The molecular formula is C21H20O8. The van der Waals surface area contributed by atoms with Crippen LogP contribution >= 0.6 is 0 Å². The molecule has 152 valence electrons. The normalized spacial score (nSPS) is 24.1. The summed E-state index contributed by atoms with van der Waals surface area (Å²) in [5, 5.41) is 39.3. The zero-order chi connectivity index (χ0) is 20.7. The SMILES string of the molecule is Cc1ccc(-c2coc3cc(O[C@H]4O[C@H](CO)[C@@H](O)[C@@H]4O)cc(O)c3c2=O)cc1. The Balaban J connectivity index is 1.69. The summed E-state index contributed by atoms with van der Waals surface area (Å²) >= 11 is 0. The molecule has 1 aliphatic heterocycles. The van der Waals surface area contributed by atoms with Gasteiger partial charge < -0.3 is 34.3 Å². The van der Waals surface area contributed by atoms with Gasteiger partial charge in [0.25, 0.3) is 0 Å². The maximum atomic E-state index is 12.9. The van der Waals surface area contributed by atoms with Gasteiger partial charge in [0, 0.05) is 12.1 Å². The number of aromatic hydroxyl groups is 1. The van der Waals surface area contributed by atoms with Gasteiger partial charge in [0.1, 0.15) is 47.0 Å². The second-order valence-electron chi connectivity index (χ2n) is 6.98. The minimum Gasteiger partial charge on any atom is -0.507 e. The van der Waals surface area contributed by atoms with Crippen LogP contribution in [0.2, 0.25) is 0 Å². The molecule has 0 spiro atoms. The number of phenolic OH excluding ortho intramolecular Hbond substituents is 1. The molecule has 0 amide bonds. The Morgan fingerprint density at radius 1 is 1.10 bits per heavy atom. The predicted octanol–water partition coefficient (Wildman–Crippen LogP) is 1.29. The first-order chi connectivity index (χ1) is 13.9. The standard InChI is InChI=1S/C21H20O8/c1-10-2-4-11(5-3-10)13-9-27-15-7-12(6-14(23)17(15)18(13)24)28-21-20(26)19(25)16(8-22)29-21/h2-7,9,16,19-23,25-26H,8H2,1H3/t16-,19-,20+,21+/m1/s1. The molecule has 4 atom stereocenters. The van der Waals surface area contributed by atoms with Gasteiger partial charge in [-0.3, -0.25) is 4.79 Å². The summed E-state index contributed by atoms with van der Waals surface area (Å²) in [5.41, 5.74) is 1.72. The first kappa shape index (κ1) is 19.4. The van der Waals surface area contributed by atoms with Gasteiger partial charge in [0.2, 0.25) is 11.7 Å². The van der Waals surface area contributed by atoms with Crippen LogP contribution in [0, 0.1) is 6.92 Å². The summed E-state index contributed by atoms with van der Waals surface area (Å²) in [6.45, 7) is 1.45. The number of aryl methyl sites for hydroxylation is 1. The third-order valence-corrected chi connectivity index (χ3v) is 4.94. The van der Waals surface area contributed by atoms with Crippen LogP contribution in [0.25, 0.3) is 22.1 Å². The van der Waals surface area contributed by atoms with Crippen LogP contribution in [0.4, 0.5) is 0 Å². The number of aliphatic hydroxyl groups is 3. The fraction of sp³-hybridized carbons (Fsp3) is 0.286. The monoisotopic (exact) mass is 400 g/mol. The molecule has 0 radical (unpaired) electrons. The highest BCUT2D eigenvalue weighted by Gasteiger charge is 2.44. The number of ether oxygens (including phenoxy) is 2. The zero-order valence-corrected chi connectivity index (χ0v) is 15.5. The van der Waals surface area contributed by atoms with E-state index in [0.717, 1.165) is 5.56 Å². The average molecular weight is 400 g/mol. The number of benzene rings is 2. The molecule has 0 unspecified atom stereocenters. The van der Waals surface area contributed by atoms with Crippen molar-refractivity contribution in [2.24, 2.45) is 0 Å². The second kappa shape index (κ2) is 7.49. The van der Waals surface area contributed by atoms with E-state index in [-0.39, 0.29) is 22.5 Å². The van der Waals surface area contributed by atoms with Crippen LogP contribution in [0.15, 0.2) is 51.9 Å². The van der Waals surface area contributed by atoms with Gasteiger partial charge in [-0.25, -0.2) is 0 Å². The van der Waals surface area contributed by atoms with Crippen LogP contribution in [-0.2, 0) is 4.74 Å². The van der Waals surface area contributed by atoms with E-state index in [9.17, 15) is 20.1 Å². The summed E-state index contributed by atoms with van der Waals surface area (Å²) in [4.78, 5) is 12.9. The highest BCUT2D eigenvalue weighted by atomic mass is 16.7. The Labute approximate surface area is 165 Å². The van der Waals surface area contributed by atoms with E-state index >= 15 is 0 Å². The topological polar surface area (TPSA) is 130 Å². The maximum Gasteiger partial charge on any atom is 0.229 e. The number of hydrogen-bond donors (Lipinski definition) is 4. The molecule has 8 heteroatoms. The molecular weight excluding hydrogens is 380 g/mol. The van der Waals surface area contributed by atoms with Crippen molar-refractivity contribution in [3.63, 3.8) is 0 Å². The Kier molecular flexibility index (Phi) is 5.01. The van der Waals surface area contributed by atoms with Gasteiger partial charge in [-0.1, -0.05) is 29.8 Å². The van der Waals surface area contributed by atoms with E-state index in [2.05, 4.69) is 0 Å². The molecule has 8 nitrogen and oxygen atoms in total. The van der Waals surface area contributed by atoms with E-state index in [4.69, 9.17) is 19.0 Å². The molecule has 1 saturated heterocycles. The third-order valence-electron chi connectivity index (χ3n) is 4.94. The Hall–Kier alpha value is -2.91. The molecule has 1 aliphatic rings. The maximum absolute atomic E-state index is 12.9. The van der Waals surface area contributed by atoms with Crippen molar-refractivity contribution in [2.75, 3.05) is 6.61 Å². The number of hydrogen-bond acceptors (Lipinski definition) is 8. The minimum absolute atomic E-state index is 0.00316. The summed E-state index contributed by atoms with van der Waals surface area (Å²) in [7, 11) is 0. The van der Waals surface area contributed by atoms with Crippen molar-refractivity contribution in [2.45, 2.75) is 31.5 Å². The Bertz CT molecular complexity index is 1090. The van der Waals surface area contributed by atoms with Crippen LogP contribution in [0.1, 0.15) is 5.56 Å². The van der Waals surface area contributed by atoms with Gasteiger partial charge in [-0.2, -0.15) is 0 Å². The molecule has 3 aromatic rings. The van der Waals surface area contributed by atoms with Gasteiger partial charge in [-0.05, 0) is 12.5 Å². The van der Waals surface area contributed by atoms with E-state index in [1.54, 1.807) is 12.1 Å². The highest BCUT2D eigenvalue weighted by molar-refractivity contribution is 5.88. The quantitative estimate of drug-likeness (QED) is 0.516. The Morgan fingerprint density at radius 2 is 1.83 bits per heavy atom. The molecule has 4 rings (SSSR count). The summed E-state index contributed by atoms with van der Waals surface area (Å²) in [6, 6.07) is 9.91. The van der Waals surface area contributed by atoms with E-state index in [1.165, 1.54) is 18.4 Å². The molecule has 1 aromatic heterocycles. The first-order valence-electron chi connectivity index (χ1n) is 9.03. The number of rotatable bonds is 4. The van der Waals surface area contributed by atoms with Crippen molar-refractivity contribution in [3.05, 3.63) is 58.4 Å². The minimum atomic E-state index is -1.39. The fourth-order valence-corrected chi connectivity index (χ4v) is 3.31. The van der Waals surface area contributed by atoms with E-state index < -0.39 is 36.6 Å². The van der Waals surface area contributed by atoms with Gasteiger partial charge >= 0.3 is 0 Å². The largest absolute Gasteiger partial charge is 0.507 e. The molecule has 2 aromatic carbocycles. The number of fused-ring (bicyclic) bond motifs is 1. The summed E-state index contributed by atoms with van der Waals surface area (Å²) in [6.07, 6.45) is -3.63. The van der Waals surface area contributed by atoms with Crippen molar-refractivity contribution in [1.82, 2.24) is 0 Å². The van der Waals surface area contributed by atoms with Gasteiger partial charge in [0.15, 0.2) is 0 Å². The van der Waals surface area contributed by atoms with Crippen molar-refractivity contribution < 1.29 is 34.3 Å². The molecule has 2 heterocycles.